The summed E-state index contributed by atoms with van der Waals surface area (Å²) in [6.07, 6.45) is 9.79. The second-order valence-corrected chi connectivity index (χ2v) is 10.5. The smallest absolute Gasteiger partial charge is 0.267 e. The summed E-state index contributed by atoms with van der Waals surface area (Å²) in [4.78, 5) is 24.2. The van der Waals surface area contributed by atoms with Crippen molar-refractivity contribution in [2.45, 2.75) is 32.4 Å². The molecule has 2 aromatic carbocycles. The van der Waals surface area contributed by atoms with Crippen LogP contribution in [-0.4, -0.2) is 54.6 Å². The summed E-state index contributed by atoms with van der Waals surface area (Å²) in [6.45, 7) is 4.26. The number of rotatable bonds is 6. The number of halogens is 1. The molecule has 6 rings (SSSR count). The first-order valence-corrected chi connectivity index (χ1v) is 13.4. The predicted molar refractivity (Wildman–Crippen MR) is 152 cm³/mol. The lowest BCUT2D eigenvalue weighted by molar-refractivity contribution is 0.212. The summed E-state index contributed by atoms with van der Waals surface area (Å²) in [7, 11) is 2.16. The van der Waals surface area contributed by atoms with Gasteiger partial charge < -0.3 is 4.90 Å². The van der Waals surface area contributed by atoms with Crippen LogP contribution in [0.3, 0.4) is 0 Å². The van der Waals surface area contributed by atoms with Crippen molar-refractivity contribution < 1.29 is 4.39 Å². The lowest BCUT2D eigenvalue weighted by atomic mass is 10.1. The van der Waals surface area contributed by atoms with Crippen LogP contribution in [0.2, 0.25) is 0 Å². The molecule has 40 heavy (non-hydrogen) atoms. The molecule has 5 aromatic rings. The molecule has 1 fully saturated rings. The third kappa shape index (κ3) is 5.60. The fourth-order valence-electron chi connectivity index (χ4n) is 5.15. The Balaban J connectivity index is 1.19. The molecule has 0 aliphatic carbocycles. The van der Waals surface area contributed by atoms with E-state index < -0.39 is 0 Å². The highest BCUT2D eigenvalue weighted by Gasteiger charge is 2.19. The standard InChI is InChI=1S/C31H30FN7O/c1-21-12-24(15-27(32)13-21)29-6-7-30(40)39(36-29)19-22-4-3-5-23(14-22)31-33-16-25(17-34-31)26-18-35-38(20-26)28-8-10-37(2)11-9-28/h3-7,12-18,20,28H,8-11,19H2,1-2H3. The largest absolute Gasteiger partial charge is 0.306 e. The number of aryl methyl sites for hydroxylation is 1. The average molecular weight is 536 g/mol. The second-order valence-electron chi connectivity index (χ2n) is 10.5. The van der Waals surface area contributed by atoms with E-state index in [1.54, 1.807) is 6.07 Å². The minimum atomic E-state index is -0.334. The number of hydrogen-bond acceptors (Lipinski definition) is 6. The number of nitrogens with zero attached hydrogens (tertiary/aromatic N) is 7. The van der Waals surface area contributed by atoms with E-state index in [1.165, 1.54) is 22.9 Å². The molecule has 9 heteroatoms. The molecule has 0 radical (unpaired) electrons. The molecule has 1 saturated heterocycles. The predicted octanol–water partition coefficient (Wildman–Crippen LogP) is 4.99. The number of aromatic nitrogens is 6. The van der Waals surface area contributed by atoms with Gasteiger partial charge in [0.05, 0.1) is 24.5 Å². The highest BCUT2D eigenvalue weighted by atomic mass is 19.1. The molecule has 0 saturated carbocycles. The Morgan fingerprint density at radius 1 is 0.900 bits per heavy atom. The highest BCUT2D eigenvalue weighted by molar-refractivity contribution is 5.63. The van der Waals surface area contributed by atoms with E-state index in [4.69, 9.17) is 0 Å². The van der Waals surface area contributed by atoms with Crippen LogP contribution in [0.15, 0.2) is 84.2 Å². The summed E-state index contributed by atoms with van der Waals surface area (Å²) in [5.74, 6) is 0.261. The topological polar surface area (TPSA) is 81.7 Å². The second kappa shape index (κ2) is 10.9. The van der Waals surface area contributed by atoms with Crippen molar-refractivity contribution in [2.75, 3.05) is 20.1 Å². The van der Waals surface area contributed by atoms with E-state index in [2.05, 4.69) is 43.0 Å². The summed E-state index contributed by atoms with van der Waals surface area (Å²) < 4.78 is 17.4. The number of hydrogen-bond donors (Lipinski definition) is 0. The average Bonchev–Trinajstić information content (AvgIpc) is 3.45. The molecule has 1 aliphatic heterocycles. The van der Waals surface area contributed by atoms with E-state index in [0.29, 0.717) is 23.1 Å². The van der Waals surface area contributed by atoms with Crippen LogP contribution < -0.4 is 5.56 Å². The van der Waals surface area contributed by atoms with Crippen LogP contribution in [0.4, 0.5) is 4.39 Å². The molecule has 0 amide bonds. The third-order valence-electron chi connectivity index (χ3n) is 7.37. The van der Waals surface area contributed by atoms with Gasteiger partial charge in [-0.05, 0) is 81.4 Å². The summed E-state index contributed by atoms with van der Waals surface area (Å²) in [5.41, 5.74) is 5.37. The van der Waals surface area contributed by atoms with Crippen LogP contribution in [-0.2, 0) is 6.54 Å². The van der Waals surface area contributed by atoms with Crippen LogP contribution in [0.25, 0.3) is 33.8 Å². The van der Waals surface area contributed by atoms with Crippen LogP contribution in [0.5, 0.6) is 0 Å². The minimum absolute atomic E-state index is 0.233. The van der Waals surface area contributed by atoms with Gasteiger partial charge >= 0.3 is 0 Å². The van der Waals surface area contributed by atoms with E-state index in [9.17, 15) is 9.18 Å². The number of likely N-dealkylation sites (tertiary alicyclic amines) is 1. The van der Waals surface area contributed by atoms with Gasteiger partial charge in [0.15, 0.2) is 5.82 Å². The Kier molecular flexibility index (Phi) is 7.04. The quantitative estimate of drug-likeness (QED) is 0.305. The molecule has 3 aromatic heterocycles. The number of piperidine rings is 1. The van der Waals surface area contributed by atoms with E-state index in [0.717, 1.165) is 53.7 Å². The van der Waals surface area contributed by atoms with Crippen molar-refractivity contribution in [3.05, 3.63) is 107 Å². The van der Waals surface area contributed by atoms with Gasteiger partial charge in [-0.2, -0.15) is 10.2 Å². The van der Waals surface area contributed by atoms with Crippen molar-refractivity contribution >= 4 is 0 Å². The van der Waals surface area contributed by atoms with Crippen LogP contribution >= 0.6 is 0 Å². The third-order valence-corrected chi connectivity index (χ3v) is 7.37. The van der Waals surface area contributed by atoms with Crippen molar-refractivity contribution in [1.29, 1.82) is 0 Å². The molecule has 0 bridgehead atoms. The Hall–Kier alpha value is -4.50. The first-order valence-electron chi connectivity index (χ1n) is 13.4. The van der Waals surface area contributed by atoms with Crippen molar-refractivity contribution in [1.82, 2.24) is 34.4 Å². The maximum atomic E-state index is 13.9. The summed E-state index contributed by atoms with van der Waals surface area (Å²) >= 11 is 0. The van der Waals surface area contributed by atoms with Gasteiger partial charge in [-0.25, -0.2) is 19.0 Å². The Morgan fingerprint density at radius 3 is 2.48 bits per heavy atom. The fraction of sp³-hybridized carbons (Fsp3) is 0.258. The zero-order valence-corrected chi connectivity index (χ0v) is 22.5. The Labute approximate surface area is 231 Å². The maximum absolute atomic E-state index is 13.9. The van der Waals surface area contributed by atoms with Crippen molar-refractivity contribution in [2.24, 2.45) is 0 Å². The van der Waals surface area contributed by atoms with E-state index in [1.807, 2.05) is 55.8 Å². The lowest BCUT2D eigenvalue weighted by Crippen LogP contribution is -2.31. The molecular weight excluding hydrogens is 505 g/mol. The molecular formula is C31H30FN7O. The minimum Gasteiger partial charge on any atom is -0.306 e. The van der Waals surface area contributed by atoms with Crippen molar-refractivity contribution in [3.8, 4) is 33.8 Å². The Morgan fingerprint density at radius 2 is 1.70 bits per heavy atom. The zero-order valence-electron chi connectivity index (χ0n) is 22.5. The van der Waals surface area contributed by atoms with Gasteiger partial charge in [-0.3, -0.25) is 9.48 Å². The van der Waals surface area contributed by atoms with Gasteiger partial charge in [0.1, 0.15) is 5.82 Å². The fourth-order valence-corrected chi connectivity index (χ4v) is 5.15. The summed E-state index contributed by atoms with van der Waals surface area (Å²) in [6, 6.07) is 16.0. The molecule has 0 spiro atoms. The molecule has 4 heterocycles. The Bertz CT molecular complexity index is 1680. The van der Waals surface area contributed by atoms with Gasteiger partial charge in [0, 0.05) is 46.9 Å². The molecule has 0 N–H and O–H groups in total. The SMILES string of the molecule is Cc1cc(F)cc(-c2ccc(=O)n(Cc3cccc(-c4ncc(-c5cnn(C6CCN(C)CC6)c5)cn4)c3)n2)c1. The number of benzene rings is 2. The van der Waals surface area contributed by atoms with Crippen LogP contribution in [0, 0.1) is 12.7 Å². The van der Waals surface area contributed by atoms with E-state index in [-0.39, 0.29) is 17.9 Å². The van der Waals surface area contributed by atoms with Gasteiger partial charge in [-0.15, -0.1) is 0 Å². The molecule has 0 unspecified atom stereocenters. The zero-order chi connectivity index (χ0) is 27.6. The van der Waals surface area contributed by atoms with Gasteiger partial charge in [-0.1, -0.05) is 18.2 Å². The van der Waals surface area contributed by atoms with E-state index >= 15 is 0 Å². The van der Waals surface area contributed by atoms with Crippen molar-refractivity contribution in [3.63, 3.8) is 0 Å². The maximum Gasteiger partial charge on any atom is 0.267 e. The molecule has 1 aliphatic rings. The van der Waals surface area contributed by atoms with Gasteiger partial charge in [0.25, 0.3) is 5.56 Å². The highest BCUT2D eigenvalue weighted by Crippen LogP contribution is 2.26. The lowest BCUT2D eigenvalue weighted by Gasteiger charge is -2.28. The van der Waals surface area contributed by atoms with Crippen LogP contribution in [0.1, 0.15) is 30.0 Å². The first-order chi connectivity index (χ1) is 19.4. The van der Waals surface area contributed by atoms with Gasteiger partial charge in [0.2, 0.25) is 0 Å². The summed E-state index contributed by atoms with van der Waals surface area (Å²) in [5, 5.41) is 9.11. The molecule has 202 valence electrons. The molecule has 8 nitrogen and oxygen atoms in total. The normalized spacial score (nSPS) is 14.5. The first kappa shape index (κ1) is 25.8. The monoisotopic (exact) mass is 535 g/mol. The molecule has 0 atom stereocenters.